The van der Waals surface area contributed by atoms with E-state index in [-0.39, 0.29) is 12.0 Å². The van der Waals surface area contributed by atoms with Gasteiger partial charge in [-0.25, -0.2) is 4.79 Å². The summed E-state index contributed by atoms with van der Waals surface area (Å²) in [7, 11) is 0. The molecule has 18 heavy (non-hydrogen) atoms. The summed E-state index contributed by atoms with van der Waals surface area (Å²) in [5.74, 6) is 0.255. The Balaban J connectivity index is 2.44. The van der Waals surface area contributed by atoms with Crippen LogP contribution >= 0.6 is 15.9 Å². The largest absolute Gasteiger partial charge is 0.444 e. The Morgan fingerprint density at radius 2 is 1.89 bits per heavy atom. The lowest BCUT2D eigenvalue weighted by atomic mass is 10.0. The second-order valence-electron chi connectivity index (χ2n) is 5.34. The second-order valence-corrected chi connectivity index (χ2v) is 6.25. The maximum atomic E-state index is 11.5. The van der Waals surface area contributed by atoms with Crippen molar-refractivity contribution in [3.05, 3.63) is 34.3 Å². The van der Waals surface area contributed by atoms with Gasteiger partial charge in [-0.15, -0.1) is 0 Å². The predicted molar refractivity (Wildman–Crippen MR) is 76.8 cm³/mol. The molecule has 0 bridgehead atoms. The van der Waals surface area contributed by atoms with Gasteiger partial charge in [0, 0.05) is 11.0 Å². The topological polar surface area (TPSA) is 38.3 Å². The lowest BCUT2D eigenvalue weighted by Crippen LogP contribution is -2.34. The summed E-state index contributed by atoms with van der Waals surface area (Å²) in [6, 6.07) is 8.09. The fourth-order valence-electron chi connectivity index (χ4n) is 1.46. The van der Waals surface area contributed by atoms with Gasteiger partial charge in [-0.1, -0.05) is 35.0 Å². The van der Waals surface area contributed by atoms with E-state index in [4.69, 9.17) is 4.74 Å². The number of benzene rings is 1. The summed E-state index contributed by atoms with van der Waals surface area (Å²) >= 11 is 3.40. The highest BCUT2D eigenvalue weighted by atomic mass is 79.9. The van der Waals surface area contributed by atoms with E-state index in [0.717, 1.165) is 4.47 Å². The van der Waals surface area contributed by atoms with Crippen molar-refractivity contribution in [1.82, 2.24) is 5.32 Å². The van der Waals surface area contributed by atoms with Crippen molar-refractivity contribution in [2.75, 3.05) is 6.54 Å². The average Bonchev–Trinajstić information content (AvgIpc) is 2.24. The number of rotatable bonds is 3. The lowest BCUT2D eigenvalue weighted by Gasteiger charge is -2.21. The fraction of sp³-hybridized carbons (Fsp3) is 0.500. The third kappa shape index (κ3) is 5.54. The minimum Gasteiger partial charge on any atom is -0.444 e. The normalized spacial score (nSPS) is 12.9. The van der Waals surface area contributed by atoms with Crippen molar-refractivity contribution in [3.63, 3.8) is 0 Å². The van der Waals surface area contributed by atoms with Crippen LogP contribution in [0.15, 0.2) is 28.7 Å². The van der Waals surface area contributed by atoms with E-state index >= 15 is 0 Å². The van der Waals surface area contributed by atoms with Gasteiger partial charge in [0.2, 0.25) is 0 Å². The molecule has 0 saturated heterocycles. The molecule has 0 spiro atoms. The molecule has 100 valence electrons. The molecule has 1 atom stereocenters. The van der Waals surface area contributed by atoms with Gasteiger partial charge in [-0.3, -0.25) is 0 Å². The van der Waals surface area contributed by atoms with E-state index in [2.05, 4.69) is 28.2 Å². The third-order valence-electron chi connectivity index (χ3n) is 2.39. The maximum absolute atomic E-state index is 11.5. The molecule has 1 N–H and O–H groups in total. The van der Waals surface area contributed by atoms with E-state index in [0.29, 0.717) is 6.54 Å². The molecule has 0 aromatic heterocycles. The van der Waals surface area contributed by atoms with E-state index in [1.807, 2.05) is 45.0 Å². The molecule has 3 nitrogen and oxygen atoms in total. The van der Waals surface area contributed by atoms with Gasteiger partial charge >= 0.3 is 6.09 Å². The van der Waals surface area contributed by atoms with Gasteiger partial charge < -0.3 is 10.1 Å². The van der Waals surface area contributed by atoms with Crippen molar-refractivity contribution < 1.29 is 9.53 Å². The molecule has 0 aliphatic carbocycles. The number of alkyl carbamates (subject to hydrolysis) is 1. The molecular weight excluding hydrogens is 294 g/mol. The Hall–Kier alpha value is -1.03. The Labute approximate surface area is 117 Å². The van der Waals surface area contributed by atoms with Crippen LogP contribution in [0.1, 0.15) is 39.2 Å². The molecule has 0 aliphatic rings. The van der Waals surface area contributed by atoms with Gasteiger partial charge in [0.25, 0.3) is 0 Å². The van der Waals surface area contributed by atoms with Crippen LogP contribution in [0.25, 0.3) is 0 Å². The Bertz CT molecular complexity index is 395. The van der Waals surface area contributed by atoms with Gasteiger partial charge in [0.15, 0.2) is 0 Å². The first kappa shape index (κ1) is 15.0. The van der Waals surface area contributed by atoms with Crippen LogP contribution in [-0.4, -0.2) is 18.2 Å². The molecule has 0 heterocycles. The fourth-order valence-corrected chi connectivity index (χ4v) is 1.72. The van der Waals surface area contributed by atoms with Gasteiger partial charge in [0.05, 0.1) is 0 Å². The lowest BCUT2D eigenvalue weighted by molar-refractivity contribution is 0.0525. The number of amides is 1. The zero-order valence-corrected chi connectivity index (χ0v) is 12.9. The number of nitrogens with one attached hydrogen (secondary N) is 1. The Morgan fingerprint density at radius 3 is 2.39 bits per heavy atom. The van der Waals surface area contributed by atoms with Crippen molar-refractivity contribution in [3.8, 4) is 0 Å². The van der Waals surface area contributed by atoms with Crippen LogP contribution in [0.2, 0.25) is 0 Å². The SMILES string of the molecule is C[C@H](CNC(=O)OC(C)(C)C)c1ccc(Br)cc1. The Morgan fingerprint density at radius 1 is 1.33 bits per heavy atom. The number of halogens is 1. The summed E-state index contributed by atoms with van der Waals surface area (Å²) < 4.78 is 6.24. The van der Waals surface area contributed by atoms with Crippen LogP contribution in [0.4, 0.5) is 4.79 Å². The van der Waals surface area contributed by atoms with Crippen molar-refractivity contribution in [2.45, 2.75) is 39.2 Å². The standard InChI is InChI=1S/C14H20BrNO2/c1-10(11-5-7-12(15)8-6-11)9-16-13(17)18-14(2,3)4/h5-8,10H,9H2,1-4H3,(H,16,17)/t10-/m1/s1. The molecule has 0 fully saturated rings. The van der Waals surface area contributed by atoms with E-state index in [1.165, 1.54) is 5.56 Å². The first-order valence-electron chi connectivity index (χ1n) is 6.00. The smallest absolute Gasteiger partial charge is 0.407 e. The third-order valence-corrected chi connectivity index (χ3v) is 2.92. The summed E-state index contributed by atoms with van der Waals surface area (Å²) in [5, 5.41) is 2.78. The molecule has 0 saturated carbocycles. The van der Waals surface area contributed by atoms with Crippen LogP contribution in [0, 0.1) is 0 Å². The molecule has 1 rings (SSSR count). The number of carbonyl (C=O) groups excluding carboxylic acids is 1. The van der Waals surface area contributed by atoms with E-state index in [9.17, 15) is 4.79 Å². The van der Waals surface area contributed by atoms with Gasteiger partial charge in [0.1, 0.15) is 5.60 Å². The van der Waals surface area contributed by atoms with Crippen LogP contribution in [-0.2, 0) is 4.74 Å². The van der Waals surface area contributed by atoms with Gasteiger partial charge in [-0.2, -0.15) is 0 Å². The van der Waals surface area contributed by atoms with E-state index in [1.54, 1.807) is 0 Å². The van der Waals surface area contributed by atoms with E-state index < -0.39 is 5.60 Å². The zero-order chi connectivity index (χ0) is 13.8. The number of ether oxygens (including phenoxy) is 1. The van der Waals surface area contributed by atoms with Crippen LogP contribution < -0.4 is 5.32 Å². The number of hydrogen-bond acceptors (Lipinski definition) is 2. The number of carbonyl (C=O) groups is 1. The molecule has 1 aromatic rings. The van der Waals surface area contributed by atoms with Crippen LogP contribution in [0.5, 0.6) is 0 Å². The maximum Gasteiger partial charge on any atom is 0.407 e. The predicted octanol–water partition coefficient (Wildman–Crippen LogP) is 4.08. The highest BCUT2D eigenvalue weighted by molar-refractivity contribution is 9.10. The molecule has 0 aliphatic heterocycles. The minimum absolute atomic E-state index is 0.255. The van der Waals surface area contributed by atoms with Crippen LogP contribution in [0.3, 0.4) is 0 Å². The molecule has 4 heteroatoms. The number of hydrogen-bond donors (Lipinski definition) is 1. The molecule has 0 unspecified atom stereocenters. The quantitative estimate of drug-likeness (QED) is 0.913. The molecular formula is C14H20BrNO2. The average molecular weight is 314 g/mol. The Kier molecular flexibility index (Phi) is 5.20. The van der Waals surface area contributed by atoms with Crippen molar-refractivity contribution in [1.29, 1.82) is 0 Å². The van der Waals surface area contributed by atoms with Crippen molar-refractivity contribution >= 4 is 22.0 Å². The minimum atomic E-state index is -0.453. The summed E-state index contributed by atoms with van der Waals surface area (Å²) in [6.45, 7) is 8.19. The summed E-state index contributed by atoms with van der Waals surface area (Å²) in [5.41, 5.74) is 0.736. The zero-order valence-electron chi connectivity index (χ0n) is 11.3. The highest BCUT2D eigenvalue weighted by Crippen LogP contribution is 2.17. The second kappa shape index (κ2) is 6.23. The monoisotopic (exact) mass is 313 g/mol. The first-order chi connectivity index (χ1) is 8.28. The molecule has 0 radical (unpaired) electrons. The summed E-state index contributed by atoms with van der Waals surface area (Å²) in [4.78, 5) is 11.5. The summed E-state index contributed by atoms with van der Waals surface area (Å²) in [6.07, 6.45) is -0.369. The molecule has 1 amide bonds. The molecule has 1 aromatic carbocycles. The first-order valence-corrected chi connectivity index (χ1v) is 6.79. The van der Waals surface area contributed by atoms with Crippen molar-refractivity contribution in [2.24, 2.45) is 0 Å². The van der Waals surface area contributed by atoms with Gasteiger partial charge in [-0.05, 0) is 44.4 Å². The highest BCUT2D eigenvalue weighted by Gasteiger charge is 2.16.